The SMILES string of the molecule is COc1ccc(/C=C2/SC(=O)N(CCNC(=O)Cc3ccccc3OC)C2=O)cc1. The Hall–Kier alpha value is -3.26. The van der Waals surface area contributed by atoms with Crippen molar-refractivity contribution < 1.29 is 23.9 Å². The van der Waals surface area contributed by atoms with Gasteiger partial charge >= 0.3 is 0 Å². The summed E-state index contributed by atoms with van der Waals surface area (Å²) in [7, 11) is 3.13. The van der Waals surface area contributed by atoms with Crippen molar-refractivity contribution >= 4 is 34.9 Å². The standard InChI is InChI=1S/C22H22N2O5S/c1-28-17-9-7-15(8-10-17)13-19-21(26)24(22(27)30-19)12-11-23-20(25)14-16-5-3-4-6-18(16)29-2/h3-10,13H,11-12,14H2,1-2H3,(H,23,25)/b19-13+. The molecule has 0 atom stereocenters. The van der Waals surface area contributed by atoms with Crippen molar-refractivity contribution in [1.29, 1.82) is 0 Å². The average Bonchev–Trinajstić information content (AvgIpc) is 3.02. The maximum Gasteiger partial charge on any atom is 0.293 e. The molecule has 1 fully saturated rings. The number of para-hydroxylation sites is 1. The van der Waals surface area contributed by atoms with Crippen LogP contribution in [0.25, 0.3) is 6.08 Å². The Labute approximate surface area is 179 Å². The molecule has 2 aromatic carbocycles. The summed E-state index contributed by atoms with van der Waals surface area (Å²) in [6.07, 6.45) is 1.83. The highest BCUT2D eigenvalue weighted by Gasteiger charge is 2.34. The van der Waals surface area contributed by atoms with Crippen LogP contribution in [-0.2, 0) is 16.0 Å². The lowest BCUT2D eigenvalue weighted by atomic mass is 10.1. The van der Waals surface area contributed by atoms with E-state index in [1.165, 1.54) is 0 Å². The number of carbonyl (C=O) groups is 3. The molecule has 0 radical (unpaired) electrons. The highest BCUT2D eigenvalue weighted by molar-refractivity contribution is 8.18. The van der Waals surface area contributed by atoms with Crippen molar-refractivity contribution in [1.82, 2.24) is 10.2 Å². The second-order valence-corrected chi connectivity index (χ2v) is 7.44. The Kier molecular flexibility index (Phi) is 7.13. The molecule has 0 unspecified atom stereocenters. The molecule has 1 aliphatic heterocycles. The predicted molar refractivity (Wildman–Crippen MR) is 115 cm³/mol. The number of thioether (sulfide) groups is 1. The monoisotopic (exact) mass is 426 g/mol. The molecular formula is C22H22N2O5S. The first-order chi connectivity index (χ1) is 14.5. The number of benzene rings is 2. The van der Waals surface area contributed by atoms with Crippen molar-refractivity contribution in [2.75, 3.05) is 27.3 Å². The Bertz CT molecular complexity index is 972. The third kappa shape index (κ3) is 5.21. The van der Waals surface area contributed by atoms with Crippen LogP contribution in [0.1, 0.15) is 11.1 Å². The molecule has 0 aromatic heterocycles. The molecule has 0 aliphatic carbocycles. The van der Waals surface area contributed by atoms with E-state index in [2.05, 4.69) is 5.32 Å². The zero-order valence-corrected chi connectivity index (χ0v) is 17.5. The van der Waals surface area contributed by atoms with E-state index in [9.17, 15) is 14.4 Å². The van der Waals surface area contributed by atoms with Crippen LogP contribution in [0.3, 0.4) is 0 Å². The highest BCUT2D eigenvalue weighted by Crippen LogP contribution is 2.32. The molecule has 0 saturated carbocycles. The molecule has 0 spiro atoms. The summed E-state index contributed by atoms with van der Waals surface area (Å²) in [5.74, 6) is 0.784. The molecule has 3 amide bonds. The molecular weight excluding hydrogens is 404 g/mol. The fourth-order valence-electron chi connectivity index (χ4n) is 2.94. The summed E-state index contributed by atoms with van der Waals surface area (Å²) >= 11 is 0.891. The van der Waals surface area contributed by atoms with Crippen LogP contribution >= 0.6 is 11.8 Å². The minimum absolute atomic E-state index is 0.113. The zero-order chi connectivity index (χ0) is 21.5. The number of amides is 3. The maximum absolute atomic E-state index is 12.6. The van der Waals surface area contributed by atoms with Gasteiger partial charge in [-0.1, -0.05) is 30.3 Å². The van der Waals surface area contributed by atoms with Crippen LogP contribution in [0.5, 0.6) is 11.5 Å². The fourth-order valence-corrected chi connectivity index (χ4v) is 3.80. The van der Waals surface area contributed by atoms with Gasteiger partial charge in [-0.15, -0.1) is 0 Å². The minimum atomic E-state index is -0.361. The quantitative estimate of drug-likeness (QED) is 0.653. The van der Waals surface area contributed by atoms with Gasteiger partial charge in [0.2, 0.25) is 5.91 Å². The summed E-state index contributed by atoms with van der Waals surface area (Å²) in [6, 6.07) is 14.5. The van der Waals surface area contributed by atoms with Gasteiger partial charge in [0.05, 0.1) is 25.5 Å². The van der Waals surface area contributed by atoms with E-state index in [0.29, 0.717) is 16.4 Å². The topological polar surface area (TPSA) is 84.9 Å². The van der Waals surface area contributed by atoms with Crippen LogP contribution < -0.4 is 14.8 Å². The highest BCUT2D eigenvalue weighted by atomic mass is 32.2. The summed E-state index contributed by atoms with van der Waals surface area (Å²) in [5.41, 5.74) is 1.57. The Morgan fingerprint density at radius 3 is 2.50 bits per heavy atom. The first kappa shape index (κ1) is 21.4. The first-order valence-corrected chi connectivity index (χ1v) is 10.1. The minimum Gasteiger partial charge on any atom is -0.497 e. The second-order valence-electron chi connectivity index (χ2n) is 6.45. The number of methoxy groups -OCH3 is 2. The van der Waals surface area contributed by atoms with Crippen LogP contribution in [0.4, 0.5) is 4.79 Å². The summed E-state index contributed by atoms with van der Waals surface area (Å²) in [5, 5.41) is 2.40. The lowest BCUT2D eigenvalue weighted by Crippen LogP contribution is -2.37. The molecule has 8 heteroatoms. The molecule has 1 N–H and O–H groups in total. The van der Waals surface area contributed by atoms with E-state index in [4.69, 9.17) is 9.47 Å². The third-order valence-corrected chi connectivity index (χ3v) is 5.40. The first-order valence-electron chi connectivity index (χ1n) is 9.30. The Morgan fingerprint density at radius 1 is 1.07 bits per heavy atom. The fraction of sp³-hybridized carbons (Fsp3) is 0.227. The number of nitrogens with one attached hydrogen (secondary N) is 1. The van der Waals surface area contributed by atoms with Crippen LogP contribution in [0.15, 0.2) is 53.4 Å². The summed E-state index contributed by atoms with van der Waals surface area (Å²) in [6.45, 7) is 0.296. The van der Waals surface area contributed by atoms with Gasteiger partial charge in [-0.25, -0.2) is 0 Å². The molecule has 2 aromatic rings. The van der Waals surface area contributed by atoms with E-state index in [1.807, 2.05) is 30.3 Å². The molecule has 1 heterocycles. The molecule has 0 bridgehead atoms. The molecule has 1 aliphatic rings. The normalized spacial score (nSPS) is 14.9. The molecule has 7 nitrogen and oxygen atoms in total. The molecule has 30 heavy (non-hydrogen) atoms. The van der Waals surface area contributed by atoms with Crippen molar-refractivity contribution in [3.05, 3.63) is 64.6 Å². The van der Waals surface area contributed by atoms with Crippen LogP contribution in [0.2, 0.25) is 0 Å². The van der Waals surface area contributed by atoms with E-state index >= 15 is 0 Å². The second kappa shape index (κ2) is 9.98. The number of imide groups is 1. The van der Waals surface area contributed by atoms with Crippen molar-refractivity contribution in [3.63, 3.8) is 0 Å². The predicted octanol–water partition coefficient (Wildman–Crippen LogP) is 3.10. The van der Waals surface area contributed by atoms with Crippen LogP contribution in [0, 0.1) is 0 Å². The van der Waals surface area contributed by atoms with Crippen molar-refractivity contribution in [2.24, 2.45) is 0 Å². The number of ether oxygens (including phenoxy) is 2. The van der Waals surface area contributed by atoms with Crippen LogP contribution in [-0.4, -0.2) is 49.3 Å². The molecule has 3 rings (SSSR count). The van der Waals surface area contributed by atoms with Gasteiger partial charge < -0.3 is 14.8 Å². The maximum atomic E-state index is 12.6. The van der Waals surface area contributed by atoms with E-state index < -0.39 is 0 Å². The number of hydrogen-bond acceptors (Lipinski definition) is 6. The smallest absolute Gasteiger partial charge is 0.293 e. The lowest BCUT2D eigenvalue weighted by molar-refractivity contribution is -0.124. The molecule has 156 valence electrons. The van der Waals surface area contributed by atoms with Gasteiger partial charge in [-0.2, -0.15) is 0 Å². The third-order valence-electron chi connectivity index (χ3n) is 4.49. The van der Waals surface area contributed by atoms with Gasteiger partial charge in [0, 0.05) is 18.7 Å². The van der Waals surface area contributed by atoms with Crippen molar-refractivity contribution in [3.8, 4) is 11.5 Å². The number of hydrogen-bond donors (Lipinski definition) is 1. The Balaban J connectivity index is 1.54. The number of carbonyl (C=O) groups excluding carboxylic acids is 3. The lowest BCUT2D eigenvalue weighted by Gasteiger charge is -2.13. The number of nitrogens with zero attached hydrogens (tertiary/aromatic N) is 1. The van der Waals surface area contributed by atoms with Gasteiger partial charge in [-0.05, 0) is 41.6 Å². The largest absolute Gasteiger partial charge is 0.497 e. The van der Waals surface area contributed by atoms with E-state index in [0.717, 1.165) is 27.8 Å². The summed E-state index contributed by atoms with van der Waals surface area (Å²) in [4.78, 5) is 38.5. The number of rotatable bonds is 8. The van der Waals surface area contributed by atoms with Gasteiger partial charge in [-0.3, -0.25) is 19.3 Å². The van der Waals surface area contributed by atoms with Gasteiger partial charge in [0.15, 0.2) is 0 Å². The van der Waals surface area contributed by atoms with E-state index in [1.54, 1.807) is 38.5 Å². The van der Waals surface area contributed by atoms with E-state index in [-0.39, 0.29) is 36.6 Å². The molecule has 1 saturated heterocycles. The zero-order valence-electron chi connectivity index (χ0n) is 16.7. The van der Waals surface area contributed by atoms with Gasteiger partial charge in [0.1, 0.15) is 11.5 Å². The Morgan fingerprint density at radius 2 is 1.80 bits per heavy atom. The summed E-state index contributed by atoms with van der Waals surface area (Å²) < 4.78 is 10.4. The van der Waals surface area contributed by atoms with Crippen molar-refractivity contribution in [2.45, 2.75) is 6.42 Å². The van der Waals surface area contributed by atoms with Gasteiger partial charge in [0.25, 0.3) is 11.1 Å². The average molecular weight is 426 g/mol.